The number of amides is 2. The molecule has 0 bridgehead atoms. The van der Waals surface area contributed by atoms with Crippen LogP contribution in [-0.4, -0.2) is 79.6 Å². The molecule has 30 heavy (non-hydrogen) atoms. The molecule has 2 fully saturated rings. The van der Waals surface area contributed by atoms with Crippen LogP contribution < -0.4 is 10.2 Å². The number of carbonyl (C=O) groups excluding carboxylic acids is 1. The lowest BCUT2D eigenvalue weighted by molar-refractivity contribution is 0.143. The number of piperazine rings is 2. The Morgan fingerprint density at radius 1 is 1.00 bits per heavy atom. The number of carbonyl (C=O) groups is 1. The van der Waals surface area contributed by atoms with E-state index in [0.717, 1.165) is 71.1 Å². The van der Waals surface area contributed by atoms with Crippen molar-refractivity contribution < 1.29 is 4.79 Å². The van der Waals surface area contributed by atoms with E-state index in [2.05, 4.69) is 63.5 Å². The third kappa shape index (κ3) is 5.14. The number of anilines is 2. The van der Waals surface area contributed by atoms with Gasteiger partial charge in [0.2, 0.25) is 0 Å². The van der Waals surface area contributed by atoms with Crippen molar-refractivity contribution in [3.8, 4) is 0 Å². The zero-order valence-electron chi connectivity index (χ0n) is 18.1. The molecule has 7 heteroatoms. The van der Waals surface area contributed by atoms with Gasteiger partial charge in [-0.25, -0.2) is 4.79 Å². The molecule has 1 aromatic heterocycles. The van der Waals surface area contributed by atoms with Gasteiger partial charge in [-0.3, -0.25) is 4.90 Å². The third-order valence-electron chi connectivity index (χ3n) is 6.23. The minimum absolute atomic E-state index is 0.00878. The van der Waals surface area contributed by atoms with Gasteiger partial charge in [-0.05, 0) is 48.7 Å². The van der Waals surface area contributed by atoms with Crippen molar-refractivity contribution in [1.82, 2.24) is 14.7 Å². The smallest absolute Gasteiger partial charge is 0.321 e. The van der Waals surface area contributed by atoms with Crippen molar-refractivity contribution in [2.75, 3.05) is 69.1 Å². The van der Waals surface area contributed by atoms with Gasteiger partial charge in [-0.15, -0.1) is 11.3 Å². The van der Waals surface area contributed by atoms with E-state index in [0.29, 0.717) is 0 Å². The minimum atomic E-state index is 0.00878. The van der Waals surface area contributed by atoms with Gasteiger partial charge in [0.1, 0.15) is 0 Å². The van der Waals surface area contributed by atoms with Gasteiger partial charge in [-0.1, -0.05) is 13.0 Å². The van der Waals surface area contributed by atoms with Crippen LogP contribution in [0, 0.1) is 6.92 Å². The van der Waals surface area contributed by atoms with Crippen LogP contribution in [0.3, 0.4) is 0 Å². The molecule has 4 rings (SSSR count). The maximum atomic E-state index is 12.7. The normalized spacial score (nSPS) is 18.6. The molecule has 0 saturated carbocycles. The minimum Gasteiger partial charge on any atom is -0.369 e. The number of nitrogens with zero attached hydrogens (tertiary/aromatic N) is 4. The van der Waals surface area contributed by atoms with Gasteiger partial charge < -0.3 is 20.0 Å². The number of aryl methyl sites for hydroxylation is 1. The summed E-state index contributed by atoms with van der Waals surface area (Å²) in [7, 11) is 0. The van der Waals surface area contributed by atoms with Crippen LogP contribution >= 0.6 is 11.3 Å². The fourth-order valence-corrected chi connectivity index (χ4v) is 5.07. The standard InChI is InChI=1S/C23H33N5OS/c1-3-25-8-12-27(13-9-25)22-7-6-20(17-19(22)2)24-23(29)28-14-10-26(11-15-28)18-21-5-4-16-30-21/h4-7,16-17H,3,8-15,18H2,1-2H3,(H,24,29). The van der Waals surface area contributed by atoms with Crippen molar-refractivity contribution in [2.45, 2.75) is 20.4 Å². The summed E-state index contributed by atoms with van der Waals surface area (Å²) < 4.78 is 0. The number of likely N-dealkylation sites (N-methyl/N-ethyl adjacent to an activating group) is 1. The summed E-state index contributed by atoms with van der Waals surface area (Å²) in [6.07, 6.45) is 0. The Kier molecular flexibility index (Phi) is 6.92. The van der Waals surface area contributed by atoms with Crippen LogP contribution in [0.2, 0.25) is 0 Å². The first kappa shape index (κ1) is 21.2. The van der Waals surface area contributed by atoms with E-state index in [1.54, 1.807) is 11.3 Å². The Morgan fingerprint density at radius 3 is 2.37 bits per heavy atom. The van der Waals surface area contributed by atoms with E-state index in [1.807, 2.05) is 11.0 Å². The second-order valence-corrected chi connectivity index (χ2v) is 9.23. The summed E-state index contributed by atoms with van der Waals surface area (Å²) in [5.74, 6) is 0. The van der Waals surface area contributed by atoms with Crippen LogP contribution in [-0.2, 0) is 6.54 Å². The number of nitrogens with one attached hydrogen (secondary N) is 1. The van der Waals surface area contributed by atoms with Crippen molar-refractivity contribution in [3.63, 3.8) is 0 Å². The van der Waals surface area contributed by atoms with E-state index in [1.165, 1.54) is 16.1 Å². The van der Waals surface area contributed by atoms with Crippen molar-refractivity contribution in [2.24, 2.45) is 0 Å². The van der Waals surface area contributed by atoms with Crippen LogP contribution in [0.1, 0.15) is 17.4 Å². The summed E-state index contributed by atoms with van der Waals surface area (Å²) in [5.41, 5.74) is 3.39. The predicted octanol–water partition coefficient (Wildman–Crippen LogP) is 3.55. The number of rotatable bonds is 5. The molecule has 162 valence electrons. The van der Waals surface area contributed by atoms with Crippen molar-refractivity contribution in [3.05, 3.63) is 46.2 Å². The first-order valence-corrected chi connectivity index (χ1v) is 11.9. The zero-order valence-corrected chi connectivity index (χ0v) is 19.0. The Balaban J connectivity index is 1.28. The SMILES string of the molecule is CCN1CCN(c2ccc(NC(=O)N3CCN(Cc4cccs4)CC3)cc2C)CC1. The Bertz CT molecular complexity index is 824. The molecule has 2 amide bonds. The average Bonchev–Trinajstić information content (AvgIpc) is 3.27. The van der Waals surface area contributed by atoms with E-state index in [9.17, 15) is 4.79 Å². The van der Waals surface area contributed by atoms with Gasteiger partial charge in [0.05, 0.1) is 0 Å². The fourth-order valence-electron chi connectivity index (χ4n) is 4.33. The van der Waals surface area contributed by atoms with Gasteiger partial charge >= 0.3 is 6.03 Å². The number of benzene rings is 1. The third-order valence-corrected chi connectivity index (χ3v) is 7.09. The van der Waals surface area contributed by atoms with Gasteiger partial charge in [0.25, 0.3) is 0 Å². The van der Waals surface area contributed by atoms with Gasteiger partial charge in [0.15, 0.2) is 0 Å². The molecule has 1 N–H and O–H groups in total. The molecule has 0 spiro atoms. The molecule has 0 radical (unpaired) electrons. The Morgan fingerprint density at radius 2 is 1.73 bits per heavy atom. The first-order chi connectivity index (χ1) is 14.6. The summed E-state index contributed by atoms with van der Waals surface area (Å²) in [6, 6.07) is 10.6. The molecule has 0 unspecified atom stereocenters. The largest absolute Gasteiger partial charge is 0.369 e. The number of thiophene rings is 1. The molecule has 2 aromatic rings. The average molecular weight is 428 g/mol. The number of urea groups is 1. The second-order valence-electron chi connectivity index (χ2n) is 8.20. The molecular weight excluding hydrogens is 394 g/mol. The molecule has 6 nitrogen and oxygen atoms in total. The quantitative estimate of drug-likeness (QED) is 0.793. The maximum absolute atomic E-state index is 12.7. The Hall–Kier alpha value is -2.09. The van der Waals surface area contributed by atoms with Crippen molar-refractivity contribution >= 4 is 28.7 Å². The number of hydrogen-bond donors (Lipinski definition) is 1. The Labute approximate surface area is 184 Å². The molecule has 1 aromatic carbocycles. The molecule has 2 saturated heterocycles. The lowest BCUT2D eigenvalue weighted by atomic mass is 10.1. The monoisotopic (exact) mass is 427 g/mol. The summed E-state index contributed by atoms with van der Waals surface area (Å²) in [6.45, 7) is 14.2. The number of hydrogen-bond acceptors (Lipinski definition) is 5. The second kappa shape index (κ2) is 9.81. The highest BCUT2D eigenvalue weighted by atomic mass is 32.1. The summed E-state index contributed by atoms with van der Waals surface area (Å²) >= 11 is 1.80. The lowest BCUT2D eigenvalue weighted by Gasteiger charge is -2.36. The molecule has 2 aliphatic heterocycles. The molecular formula is C23H33N5OS. The van der Waals surface area contributed by atoms with Crippen molar-refractivity contribution in [1.29, 1.82) is 0 Å². The summed E-state index contributed by atoms with van der Waals surface area (Å²) in [4.78, 5) is 23.4. The van der Waals surface area contributed by atoms with Crippen LogP contribution in [0.4, 0.5) is 16.2 Å². The highest BCUT2D eigenvalue weighted by Gasteiger charge is 2.22. The molecule has 0 aliphatic carbocycles. The van der Waals surface area contributed by atoms with E-state index >= 15 is 0 Å². The first-order valence-electron chi connectivity index (χ1n) is 11.0. The van der Waals surface area contributed by atoms with Crippen LogP contribution in [0.25, 0.3) is 0 Å². The molecule has 0 atom stereocenters. The highest BCUT2D eigenvalue weighted by molar-refractivity contribution is 7.09. The van der Waals surface area contributed by atoms with E-state index < -0.39 is 0 Å². The van der Waals surface area contributed by atoms with E-state index in [-0.39, 0.29) is 6.03 Å². The highest BCUT2D eigenvalue weighted by Crippen LogP contribution is 2.25. The topological polar surface area (TPSA) is 42.1 Å². The van der Waals surface area contributed by atoms with Crippen LogP contribution in [0.5, 0.6) is 0 Å². The maximum Gasteiger partial charge on any atom is 0.321 e. The molecule has 2 aliphatic rings. The van der Waals surface area contributed by atoms with Crippen LogP contribution in [0.15, 0.2) is 35.7 Å². The van der Waals surface area contributed by atoms with Gasteiger partial charge in [0, 0.05) is 75.2 Å². The lowest BCUT2D eigenvalue weighted by Crippen LogP contribution is -2.49. The van der Waals surface area contributed by atoms with E-state index in [4.69, 9.17) is 0 Å². The zero-order chi connectivity index (χ0) is 20.9. The van der Waals surface area contributed by atoms with Gasteiger partial charge in [-0.2, -0.15) is 0 Å². The summed E-state index contributed by atoms with van der Waals surface area (Å²) in [5, 5.41) is 5.23. The molecule has 3 heterocycles. The predicted molar refractivity (Wildman–Crippen MR) is 126 cm³/mol. The fraction of sp³-hybridized carbons (Fsp3) is 0.522.